The molecule has 25 heavy (non-hydrogen) atoms. The predicted molar refractivity (Wildman–Crippen MR) is 101 cm³/mol. The molecule has 0 aliphatic rings. The molecule has 2 rings (SSSR count). The van der Waals surface area contributed by atoms with Crippen LogP contribution in [0.3, 0.4) is 0 Å². The molecule has 0 aromatic heterocycles. The van der Waals surface area contributed by atoms with E-state index in [0.29, 0.717) is 12.6 Å². The number of hydrogen-bond acceptors (Lipinski definition) is 4. The summed E-state index contributed by atoms with van der Waals surface area (Å²) in [5.41, 5.74) is 2.52. The minimum atomic E-state index is -0.547. The first-order valence-corrected chi connectivity index (χ1v) is 8.72. The molecule has 0 heterocycles. The van der Waals surface area contributed by atoms with Crippen molar-refractivity contribution in [2.24, 2.45) is 0 Å². The molecule has 0 radical (unpaired) electrons. The molecule has 0 amide bonds. The lowest BCUT2D eigenvalue weighted by Crippen LogP contribution is -2.39. The van der Waals surface area contributed by atoms with Gasteiger partial charge >= 0.3 is 0 Å². The summed E-state index contributed by atoms with van der Waals surface area (Å²) in [7, 11) is 1.63. The third-order valence-electron chi connectivity index (χ3n) is 4.15. The Kier molecular flexibility index (Phi) is 7.29. The summed E-state index contributed by atoms with van der Waals surface area (Å²) in [5, 5.41) is 10.4. The molecule has 0 spiro atoms. The Morgan fingerprint density at radius 3 is 2.32 bits per heavy atom. The summed E-state index contributed by atoms with van der Waals surface area (Å²) in [5.74, 6) is 1.52. The zero-order valence-electron chi connectivity index (χ0n) is 15.6. The Hall–Kier alpha value is -2.04. The summed E-state index contributed by atoms with van der Waals surface area (Å²) >= 11 is 0. The lowest BCUT2D eigenvalue weighted by atomic mass is 10.1. The second-order valence-corrected chi connectivity index (χ2v) is 6.65. The quantitative estimate of drug-likeness (QED) is 0.754. The summed E-state index contributed by atoms with van der Waals surface area (Å²) in [6, 6.07) is 16.2. The largest absolute Gasteiger partial charge is 0.497 e. The van der Waals surface area contributed by atoms with E-state index in [-0.39, 0.29) is 6.61 Å². The fourth-order valence-electron chi connectivity index (χ4n) is 2.69. The second-order valence-electron chi connectivity index (χ2n) is 6.65. The third-order valence-corrected chi connectivity index (χ3v) is 4.15. The Labute approximate surface area is 151 Å². The van der Waals surface area contributed by atoms with Crippen LogP contribution in [0.5, 0.6) is 11.5 Å². The second kappa shape index (κ2) is 9.44. The van der Waals surface area contributed by atoms with E-state index in [9.17, 15) is 5.11 Å². The minimum Gasteiger partial charge on any atom is -0.497 e. The van der Waals surface area contributed by atoms with Crippen molar-refractivity contribution in [2.75, 3.05) is 20.3 Å². The zero-order valence-corrected chi connectivity index (χ0v) is 15.6. The van der Waals surface area contributed by atoms with Crippen molar-refractivity contribution in [3.05, 3.63) is 59.7 Å². The number of aryl methyl sites for hydroxylation is 1. The van der Waals surface area contributed by atoms with Gasteiger partial charge in [0.15, 0.2) is 0 Å². The van der Waals surface area contributed by atoms with Crippen LogP contribution in [0.4, 0.5) is 0 Å². The number of methoxy groups -OCH3 is 1. The third kappa shape index (κ3) is 6.40. The highest BCUT2D eigenvalue weighted by Gasteiger charge is 2.16. The normalized spacial score (nSPS) is 12.4. The summed E-state index contributed by atoms with van der Waals surface area (Å²) < 4.78 is 10.8. The van der Waals surface area contributed by atoms with E-state index in [0.717, 1.165) is 18.0 Å². The van der Waals surface area contributed by atoms with Crippen LogP contribution in [0.15, 0.2) is 48.5 Å². The van der Waals surface area contributed by atoms with Gasteiger partial charge in [0.05, 0.1) is 7.11 Å². The molecule has 136 valence electrons. The first-order chi connectivity index (χ1) is 12.0. The molecule has 0 aliphatic carbocycles. The fraction of sp³-hybridized carbons (Fsp3) is 0.429. The average Bonchev–Trinajstić information content (AvgIpc) is 2.60. The van der Waals surface area contributed by atoms with Crippen LogP contribution in [0, 0.1) is 6.92 Å². The molecule has 0 bridgehead atoms. The van der Waals surface area contributed by atoms with Gasteiger partial charge in [-0.15, -0.1) is 0 Å². The van der Waals surface area contributed by atoms with E-state index >= 15 is 0 Å². The highest BCUT2D eigenvalue weighted by atomic mass is 16.5. The van der Waals surface area contributed by atoms with Crippen molar-refractivity contribution in [3.63, 3.8) is 0 Å². The monoisotopic (exact) mass is 343 g/mol. The lowest BCUT2D eigenvalue weighted by Gasteiger charge is -2.29. The van der Waals surface area contributed by atoms with Gasteiger partial charge in [-0.3, -0.25) is 4.90 Å². The molecule has 0 saturated carbocycles. The maximum absolute atomic E-state index is 10.4. The number of nitrogens with zero attached hydrogens (tertiary/aromatic N) is 1. The van der Waals surface area contributed by atoms with E-state index < -0.39 is 6.10 Å². The highest BCUT2D eigenvalue weighted by molar-refractivity contribution is 5.31. The Bertz CT molecular complexity index is 640. The maximum atomic E-state index is 10.4. The van der Waals surface area contributed by atoms with Gasteiger partial charge in [0, 0.05) is 19.1 Å². The molecule has 2 aromatic carbocycles. The molecule has 2 aromatic rings. The van der Waals surface area contributed by atoms with Gasteiger partial charge < -0.3 is 14.6 Å². The molecule has 0 aliphatic heterocycles. The van der Waals surface area contributed by atoms with E-state index in [1.54, 1.807) is 7.11 Å². The zero-order chi connectivity index (χ0) is 18.2. The Balaban J connectivity index is 1.87. The van der Waals surface area contributed by atoms with Crippen molar-refractivity contribution >= 4 is 0 Å². The molecule has 1 N–H and O–H groups in total. The van der Waals surface area contributed by atoms with Crippen molar-refractivity contribution in [2.45, 2.75) is 39.5 Å². The first-order valence-electron chi connectivity index (χ1n) is 8.72. The van der Waals surface area contributed by atoms with Crippen LogP contribution in [-0.2, 0) is 6.54 Å². The van der Waals surface area contributed by atoms with E-state index in [1.807, 2.05) is 24.3 Å². The molecule has 1 unspecified atom stereocenters. The van der Waals surface area contributed by atoms with Gasteiger partial charge in [-0.05, 0) is 50.6 Å². The molecular weight excluding hydrogens is 314 g/mol. The molecule has 0 saturated heterocycles. The SMILES string of the molecule is COc1ccc(OCC(O)CN(Cc2cccc(C)c2)C(C)C)cc1. The average molecular weight is 343 g/mol. The van der Waals surface area contributed by atoms with Crippen molar-refractivity contribution in [3.8, 4) is 11.5 Å². The molecular formula is C21H29NO3. The standard InChI is InChI=1S/C21H29NO3/c1-16(2)22(13-18-7-5-6-17(3)12-18)14-19(23)15-25-21-10-8-20(24-4)9-11-21/h5-12,16,19,23H,13-15H2,1-4H3. The van der Waals surface area contributed by atoms with Crippen molar-refractivity contribution in [1.82, 2.24) is 4.90 Å². The van der Waals surface area contributed by atoms with Crippen LogP contribution in [-0.4, -0.2) is 42.4 Å². The van der Waals surface area contributed by atoms with Gasteiger partial charge in [0.1, 0.15) is 24.2 Å². The number of aliphatic hydroxyl groups is 1. The number of aliphatic hydroxyl groups excluding tert-OH is 1. The van der Waals surface area contributed by atoms with Gasteiger partial charge in [-0.2, -0.15) is 0 Å². The van der Waals surface area contributed by atoms with Gasteiger partial charge in [-0.1, -0.05) is 29.8 Å². The van der Waals surface area contributed by atoms with Gasteiger partial charge in [0.2, 0.25) is 0 Å². The summed E-state index contributed by atoms with van der Waals surface area (Å²) in [4.78, 5) is 2.26. The van der Waals surface area contributed by atoms with E-state index in [4.69, 9.17) is 9.47 Å². The smallest absolute Gasteiger partial charge is 0.119 e. The Morgan fingerprint density at radius 2 is 1.72 bits per heavy atom. The van der Waals surface area contributed by atoms with Crippen LogP contribution >= 0.6 is 0 Å². The number of hydrogen-bond donors (Lipinski definition) is 1. The van der Waals surface area contributed by atoms with Crippen LogP contribution in [0.25, 0.3) is 0 Å². The Morgan fingerprint density at radius 1 is 1.04 bits per heavy atom. The minimum absolute atomic E-state index is 0.267. The summed E-state index contributed by atoms with van der Waals surface area (Å²) in [6.07, 6.45) is -0.547. The maximum Gasteiger partial charge on any atom is 0.119 e. The molecule has 0 fully saturated rings. The fourth-order valence-corrected chi connectivity index (χ4v) is 2.69. The number of rotatable bonds is 9. The van der Waals surface area contributed by atoms with E-state index in [2.05, 4.69) is 49.9 Å². The van der Waals surface area contributed by atoms with Gasteiger partial charge in [0.25, 0.3) is 0 Å². The predicted octanol–water partition coefficient (Wildman–Crippen LogP) is 3.65. The van der Waals surface area contributed by atoms with Gasteiger partial charge in [-0.25, -0.2) is 0 Å². The topological polar surface area (TPSA) is 41.9 Å². The molecule has 4 nitrogen and oxygen atoms in total. The first kappa shape index (κ1) is 19.3. The van der Waals surface area contributed by atoms with Crippen molar-refractivity contribution < 1.29 is 14.6 Å². The summed E-state index contributed by atoms with van der Waals surface area (Å²) in [6.45, 7) is 8.05. The molecule has 4 heteroatoms. The van der Waals surface area contributed by atoms with Crippen LogP contribution in [0.1, 0.15) is 25.0 Å². The number of benzene rings is 2. The van der Waals surface area contributed by atoms with E-state index in [1.165, 1.54) is 11.1 Å². The van der Waals surface area contributed by atoms with Crippen LogP contribution < -0.4 is 9.47 Å². The number of ether oxygens (including phenoxy) is 2. The van der Waals surface area contributed by atoms with Crippen molar-refractivity contribution in [1.29, 1.82) is 0 Å². The highest BCUT2D eigenvalue weighted by Crippen LogP contribution is 2.17. The van der Waals surface area contributed by atoms with Crippen LogP contribution in [0.2, 0.25) is 0 Å². The lowest BCUT2D eigenvalue weighted by molar-refractivity contribution is 0.0543. The molecule has 1 atom stereocenters.